The highest BCUT2D eigenvalue weighted by Crippen LogP contribution is 2.16. The van der Waals surface area contributed by atoms with Crippen LogP contribution in [0.2, 0.25) is 5.02 Å². The van der Waals surface area contributed by atoms with E-state index in [9.17, 15) is 4.79 Å². The van der Waals surface area contributed by atoms with Gasteiger partial charge >= 0.3 is 0 Å². The molecule has 23 heavy (non-hydrogen) atoms. The second kappa shape index (κ2) is 6.67. The Morgan fingerprint density at radius 2 is 1.87 bits per heavy atom. The van der Waals surface area contributed by atoms with Crippen molar-refractivity contribution in [1.29, 1.82) is 0 Å². The van der Waals surface area contributed by atoms with Crippen molar-refractivity contribution in [2.24, 2.45) is 0 Å². The first-order chi connectivity index (χ1) is 11.1. The maximum absolute atomic E-state index is 12.2. The lowest BCUT2D eigenvalue weighted by Gasteiger charge is -2.05. The highest BCUT2D eigenvalue weighted by molar-refractivity contribution is 6.31. The molecule has 0 aliphatic rings. The summed E-state index contributed by atoms with van der Waals surface area (Å²) in [5, 5.41) is 7.85. The Balaban J connectivity index is 1.68. The zero-order valence-corrected chi connectivity index (χ0v) is 13.4. The largest absolute Gasteiger partial charge is 0.305 e. The van der Waals surface area contributed by atoms with Gasteiger partial charge in [-0.25, -0.2) is 0 Å². The molecule has 0 bridgehead atoms. The lowest BCUT2D eigenvalue weighted by Crippen LogP contribution is -2.12. The van der Waals surface area contributed by atoms with Gasteiger partial charge in [0.1, 0.15) is 0 Å². The van der Waals surface area contributed by atoms with Gasteiger partial charge in [0.25, 0.3) is 5.91 Å². The Morgan fingerprint density at radius 3 is 2.61 bits per heavy atom. The minimum atomic E-state index is -0.173. The summed E-state index contributed by atoms with van der Waals surface area (Å²) in [6.07, 6.45) is 1.81. The number of halogens is 1. The van der Waals surface area contributed by atoms with Crippen molar-refractivity contribution >= 4 is 23.3 Å². The molecule has 1 N–H and O–H groups in total. The van der Waals surface area contributed by atoms with Gasteiger partial charge in [0.2, 0.25) is 0 Å². The molecule has 0 radical (unpaired) electrons. The van der Waals surface area contributed by atoms with E-state index in [1.165, 1.54) is 0 Å². The third-order valence-corrected chi connectivity index (χ3v) is 3.85. The number of carbonyl (C=O) groups excluding carboxylic acids is 1. The van der Waals surface area contributed by atoms with Crippen molar-refractivity contribution in [3.63, 3.8) is 0 Å². The van der Waals surface area contributed by atoms with E-state index in [2.05, 4.69) is 10.4 Å². The molecule has 0 saturated carbocycles. The van der Waals surface area contributed by atoms with Gasteiger partial charge in [0.15, 0.2) is 5.82 Å². The van der Waals surface area contributed by atoms with Crippen molar-refractivity contribution < 1.29 is 4.79 Å². The van der Waals surface area contributed by atoms with Crippen LogP contribution in [0.15, 0.2) is 60.8 Å². The molecule has 1 heterocycles. The number of hydrogen-bond acceptors (Lipinski definition) is 2. The Hall–Kier alpha value is -2.59. The van der Waals surface area contributed by atoms with Gasteiger partial charge in [-0.2, -0.15) is 5.10 Å². The van der Waals surface area contributed by atoms with Gasteiger partial charge in [0, 0.05) is 22.8 Å². The Kier molecular flexibility index (Phi) is 4.44. The molecule has 1 aromatic heterocycles. The number of carbonyl (C=O) groups is 1. The number of aryl methyl sites for hydroxylation is 1. The molecule has 0 aliphatic carbocycles. The normalized spacial score (nSPS) is 10.5. The summed E-state index contributed by atoms with van der Waals surface area (Å²) in [7, 11) is 0. The molecule has 2 aromatic carbocycles. The summed E-state index contributed by atoms with van der Waals surface area (Å²) in [5.41, 5.74) is 2.70. The Labute approximate surface area is 139 Å². The first-order valence-electron chi connectivity index (χ1n) is 7.27. The van der Waals surface area contributed by atoms with Gasteiger partial charge in [0.05, 0.1) is 6.54 Å². The fourth-order valence-electron chi connectivity index (χ4n) is 2.21. The zero-order valence-electron chi connectivity index (χ0n) is 12.7. The van der Waals surface area contributed by atoms with E-state index < -0.39 is 0 Å². The van der Waals surface area contributed by atoms with Crippen molar-refractivity contribution in [2.75, 3.05) is 5.32 Å². The van der Waals surface area contributed by atoms with Crippen LogP contribution in [0.5, 0.6) is 0 Å². The number of nitrogens with zero attached hydrogens (tertiary/aromatic N) is 2. The Bertz CT molecular complexity index is 824. The molecule has 4 nitrogen and oxygen atoms in total. The molecule has 3 aromatic rings. The van der Waals surface area contributed by atoms with Gasteiger partial charge in [-0.3, -0.25) is 9.48 Å². The summed E-state index contributed by atoms with van der Waals surface area (Å²) in [6, 6.07) is 16.8. The number of hydrogen-bond donors (Lipinski definition) is 1. The molecule has 0 unspecified atom stereocenters. The third-order valence-electron chi connectivity index (χ3n) is 3.49. The average molecular weight is 326 g/mol. The molecule has 3 rings (SSSR count). The highest BCUT2D eigenvalue weighted by Gasteiger charge is 2.08. The van der Waals surface area contributed by atoms with E-state index in [0.29, 0.717) is 22.9 Å². The number of aromatic nitrogens is 2. The predicted molar refractivity (Wildman–Crippen MR) is 91.9 cm³/mol. The van der Waals surface area contributed by atoms with E-state index in [-0.39, 0.29) is 5.91 Å². The van der Waals surface area contributed by atoms with E-state index >= 15 is 0 Å². The van der Waals surface area contributed by atoms with Crippen molar-refractivity contribution in [1.82, 2.24) is 9.78 Å². The predicted octanol–water partition coefficient (Wildman–Crippen LogP) is 4.15. The van der Waals surface area contributed by atoms with Crippen LogP contribution in [0.25, 0.3) is 0 Å². The minimum absolute atomic E-state index is 0.173. The SMILES string of the molecule is Cc1ccc(C(=O)Nc2ccn(Cc3ccccc3Cl)n2)cc1. The molecule has 0 saturated heterocycles. The number of anilines is 1. The first-order valence-corrected chi connectivity index (χ1v) is 7.64. The van der Waals surface area contributed by atoms with Crippen LogP contribution in [-0.2, 0) is 6.54 Å². The average Bonchev–Trinajstić information content (AvgIpc) is 2.97. The summed E-state index contributed by atoms with van der Waals surface area (Å²) in [6.45, 7) is 2.54. The van der Waals surface area contributed by atoms with Crippen LogP contribution in [0, 0.1) is 6.92 Å². The summed E-state index contributed by atoms with van der Waals surface area (Å²) < 4.78 is 1.74. The Morgan fingerprint density at radius 1 is 1.13 bits per heavy atom. The van der Waals surface area contributed by atoms with Gasteiger partial charge in [-0.1, -0.05) is 47.5 Å². The number of benzene rings is 2. The first kappa shape index (κ1) is 15.3. The summed E-state index contributed by atoms with van der Waals surface area (Å²) in [4.78, 5) is 12.2. The van der Waals surface area contributed by atoms with Gasteiger partial charge < -0.3 is 5.32 Å². The van der Waals surface area contributed by atoms with E-state index in [1.807, 2.05) is 49.5 Å². The van der Waals surface area contributed by atoms with E-state index in [0.717, 1.165) is 11.1 Å². The van der Waals surface area contributed by atoms with E-state index in [4.69, 9.17) is 11.6 Å². The van der Waals surface area contributed by atoms with Crippen LogP contribution in [-0.4, -0.2) is 15.7 Å². The lowest BCUT2D eigenvalue weighted by molar-refractivity contribution is 0.102. The summed E-state index contributed by atoms with van der Waals surface area (Å²) in [5.74, 6) is 0.343. The molecular weight excluding hydrogens is 310 g/mol. The monoisotopic (exact) mass is 325 g/mol. The van der Waals surface area contributed by atoms with Crippen LogP contribution in [0.3, 0.4) is 0 Å². The van der Waals surface area contributed by atoms with Crippen LogP contribution in [0.1, 0.15) is 21.5 Å². The smallest absolute Gasteiger partial charge is 0.256 e. The van der Waals surface area contributed by atoms with E-state index in [1.54, 1.807) is 22.9 Å². The molecule has 0 fully saturated rings. The minimum Gasteiger partial charge on any atom is -0.305 e. The summed E-state index contributed by atoms with van der Waals surface area (Å²) >= 11 is 6.15. The maximum atomic E-state index is 12.2. The standard InChI is InChI=1S/C18H16ClN3O/c1-13-6-8-14(9-7-13)18(23)20-17-10-11-22(21-17)12-15-4-2-3-5-16(15)19/h2-11H,12H2,1H3,(H,20,21,23). The fourth-order valence-corrected chi connectivity index (χ4v) is 2.41. The lowest BCUT2D eigenvalue weighted by atomic mass is 10.1. The van der Waals surface area contributed by atoms with Crippen molar-refractivity contribution in [3.8, 4) is 0 Å². The highest BCUT2D eigenvalue weighted by atomic mass is 35.5. The second-order valence-corrected chi connectivity index (χ2v) is 5.72. The second-order valence-electron chi connectivity index (χ2n) is 5.31. The molecule has 0 aliphatic heterocycles. The van der Waals surface area contributed by atoms with Crippen LogP contribution in [0.4, 0.5) is 5.82 Å². The molecule has 0 spiro atoms. The maximum Gasteiger partial charge on any atom is 0.256 e. The van der Waals surface area contributed by atoms with Crippen molar-refractivity contribution in [2.45, 2.75) is 13.5 Å². The molecular formula is C18H16ClN3O. The number of rotatable bonds is 4. The zero-order chi connectivity index (χ0) is 16.2. The number of nitrogens with one attached hydrogen (secondary N) is 1. The molecule has 1 amide bonds. The van der Waals surface area contributed by atoms with Crippen LogP contribution < -0.4 is 5.32 Å². The topological polar surface area (TPSA) is 46.9 Å². The fraction of sp³-hybridized carbons (Fsp3) is 0.111. The molecule has 0 atom stereocenters. The van der Waals surface area contributed by atoms with Gasteiger partial charge in [-0.05, 0) is 30.7 Å². The quantitative estimate of drug-likeness (QED) is 0.783. The van der Waals surface area contributed by atoms with Gasteiger partial charge in [-0.15, -0.1) is 0 Å². The van der Waals surface area contributed by atoms with Crippen LogP contribution >= 0.6 is 11.6 Å². The number of amides is 1. The van der Waals surface area contributed by atoms with Crippen molar-refractivity contribution in [3.05, 3.63) is 82.5 Å². The molecule has 5 heteroatoms. The molecule has 116 valence electrons. The third kappa shape index (κ3) is 3.79.